The molecule has 1 aliphatic rings. The van der Waals surface area contributed by atoms with Crippen LogP contribution in [-0.2, 0) is 4.79 Å². The Labute approximate surface area is 132 Å². The first-order valence-corrected chi connectivity index (χ1v) is 7.24. The smallest absolute Gasteiger partial charge is 0.238 e. The van der Waals surface area contributed by atoms with E-state index >= 15 is 0 Å². The fraction of sp³-hybridized carbons (Fsp3) is 0.562. The van der Waals surface area contributed by atoms with Crippen LogP contribution in [0.3, 0.4) is 0 Å². The number of carbonyl (C=O) groups excluding carboxylic acids is 1. The number of aryl methyl sites for hydroxylation is 3. The van der Waals surface area contributed by atoms with Crippen molar-refractivity contribution < 1.29 is 9.90 Å². The van der Waals surface area contributed by atoms with Gasteiger partial charge < -0.3 is 10.4 Å². The van der Waals surface area contributed by atoms with E-state index in [2.05, 4.69) is 29.3 Å². The van der Waals surface area contributed by atoms with Gasteiger partial charge in [0.1, 0.15) is 0 Å². The molecule has 0 bridgehead atoms. The molecule has 5 heteroatoms. The van der Waals surface area contributed by atoms with Crippen LogP contribution in [-0.4, -0.2) is 41.7 Å². The highest BCUT2D eigenvalue weighted by Gasteiger charge is 2.19. The third kappa shape index (κ3) is 4.99. The van der Waals surface area contributed by atoms with Gasteiger partial charge in [0.25, 0.3) is 0 Å². The quantitative estimate of drug-likeness (QED) is 0.901. The molecule has 1 saturated heterocycles. The molecule has 21 heavy (non-hydrogen) atoms. The van der Waals surface area contributed by atoms with E-state index in [4.69, 9.17) is 0 Å². The lowest BCUT2D eigenvalue weighted by molar-refractivity contribution is -0.117. The molecule has 1 fully saturated rings. The summed E-state index contributed by atoms with van der Waals surface area (Å²) in [6.45, 7) is 8.09. The topological polar surface area (TPSA) is 52.6 Å². The van der Waals surface area contributed by atoms with Crippen LogP contribution in [0.2, 0.25) is 0 Å². The minimum Gasteiger partial charge on any atom is -0.393 e. The molecule has 2 N–H and O–H groups in total. The fourth-order valence-electron chi connectivity index (χ4n) is 2.84. The van der Waals surface area contributed by atoms with Crippen molar-refractivity contribution in [2.24, 2.45) is 0 Å². The van der Waals surface area contributed by atoms with Crippen molar-refractivity contribution in [2.75, 3.05) is 25.0 Å². The largest absolute Gasteiger partial charge is 0.393 e. The number of hydrogen-bond donors (Lipinski definition) is 2. The van der Waals surface area contributed by atoms with Crippen LogP contribution in [0.1, 0.15) is 29.5 Å². The summed E-state index contributed by atoms with van der Waals surface area (Å²) in [6, 6.07) is 4.17. The number of aliphatic hydroxyl groups excluding tert-OH is 1. The first kappa shape index (κ1) is 18.0. The number of nitrogens with one attached hydrogen (secondary N) is 1. The Morgan fingerprint density at radius 2 is 1.76 bits per heavy atom. The maximum absolute atomic E-state index is 12.1. The lowest BCUT2D eigenvalue weighted by Crippen LogP contribution is -2.40. The van der Waals surface area contributed by atoms with Gasteiger partial charge in [-0.3, -0.25) is 9.69 Å². The molecule has 0 atom stereocenters. The summed E-state index contributed by atoms with van der Waals surface area (Å²) >= 11 is 0. The van der Waals surface area contributed by atoms with E-state index in [1.807, 2.05) is 13.8 Å². The van der Waals surface area contributed by atoms with E-state index in [1.54, 1.807) is 0 Å². The van der Waals surface area contributed by atoms with Gasteiger partial charge in [-0.05, 0) is 44.7 Å². The maximum Gasteiger partial charge on any atom is 0.238 e. The first-order chi connectivity index (χ1) is 9.45. The lowest BCUT2D eigenvalue weighted by atomic mass is 10.0. The summed E-state index contributed by atoms with van der Waals surface area (Å²) in [5.74, 6) is 0.0245. The first-order valence-electron chi connectivity index (χ1n) is 7.24. The molecule has 1 aliphatic heterocycles. The molecule has 0 radical (unpaired) electrons. The van der Waals surface area contributed by atoms with Crippen molar-refractivity contribution in [3.05, 3.63) is 28.8 Å². The van der Waals surface area contributed by atoms with Crippen LogP contribution in [0.25, 0.3) is 0 Å². The Morgan fingerprint density at radius 1 is 1.24 bits per heavy atom. The average Bonchev–Trinajstić information content (AvgIpc) is 2.36. The number of benzene rings is 1. The summed E-state index contributed by atoms with van der Waals surface area (Å²) in [5.41, 5.74) is 4.34. The number of anilines is 1. The van der Waals surface area contributed by atoms with Crippen molar-refractivity contribution in [3.8, 4) is 0 Å². The molecule has 0 spiro atoms. The van der Waals surface area contributed by atoms with Crippen LogP contribution in [0.5, 0.6) is 0 Å². The van der Waals surface area contributed by atoms with E-state index in [9.17, 15) is 9.90 Å². The number of aliphatic hydroxyl groups is 1. The van der Waals surface area contributed by atoms with Gasteiger partial charge in [-0.25, -0.2) is 0 Å². The van der Waals surface area contributed by atoms with E-state index in [1.165, 1.54) is 5.56 Å². The molecule has 1 aromatic carbocycles. The van der Waals surface area contributed by atoms with Crippen LogP contribution in [0.4, 0.5) is 5.69 Å². The van der Waals surface area contributed by atoms with Crippen molar-refractivity contribution in [3.63, 3.8) is 0 Å². The van der Waals surface area contributed by atoms with Gasteiger partial charge in [0.15, 0.2) is 0 Å². The molecule has 1 amide bonds. The number of amides is 1. The monoisotopic (exact) mass is 312 g/mol. The zero-order valence-electron chi connectivity index (χ0n) is 13.0. The van der Waals surface area contributed by atoms with Gasteiger partial charge in [0.2, 0.25) is 5.91 Å². The molecule has 0 saturated carbocycles. The molecule has 1 heterocycles. The Kier molecular flexibility index (Phi) is 6.65. The van der Waals surface area contributed by atoms with Gasteiger partial charge >= 0.3 is 0 Å². The Balaban J connectivity index is 0.00000220. The number of nitrogens with zero attached hydrogens (tertiary/aromatic N) is 1. The zero-order valence-corrected chi connectivity index (χ0v) is 13.8. The Hall–Kier alpha value is -1.10. The van der Waals surface area contributed by atoms with E-state index in [0.717, 1.165) is 42.7 Å². The highest BCUT2D eigenvalue weighted by molar-refractivity contribution is 5.93. The Bertz CT molecular complexity index is 474. The van der Waals surface area contributed by atoms with Crippen molar-refractivity contribution in [1.82, 2.24) is 4.90 Å². The summed E-state index contributed by atoms with van der Waals surface area (Å²) in [6.07, 6.45) is 1.32. The van der Waals surface area contributed by atoms with Gasteiger partial charge in [-0.2, -0.15) is 0 Å². The maximum atomic E-state index is 12.1. The fourth-order valence-corrected chi connectivity index (χ4v) is 2.84. The Morgan fingerprint density at radius 3 is 2.29 bits per heavy atom. The number of likely N-dealkylation sites (tertiary alicyclic amines) is 1. The van der Waals surface area contributed by atoms with Crippen LogP contribution in [0.15, 0.2) is 12.1 Å². The van der Waals surface area contributed by atoms with Crippen LogP contribution >= 0.6 is 12.4 Å². The number of halogens is 1. The molecule has 1 aromatic rings. The van der Waals surface area contributed by atoms with Crippen molar-refractivity contribution in [2.45, 2.75) is 39.7 Å². The second kappa shape index (κ2) is 7.78. The summed E-state index contributed by atoms with van der Waals surface area (Å²) in [4.78, 5) is 14.2. The van der Waals surface area contributed by atoms with E-state index < -0.39 is 0 Å². The van der Waals surface area contributed by atoms with E-state index in [0.29, 0.717) is 6.54 Å². The van der Waals surface area contributed by atoms with Crippen LogP contribution < -0.4 is 5.32 Å². The number of rotatable bonds is 3. The molecule has 118 valence electrons. The predicted molar refractivity (Wildman–Crippen MR) is 88.2 cm³/mol. The third-order valence-corrected chi connectivity index (χ3v) is 3.87. The third-order valence-electron chi connectivity index (χ3n) is 3.87. The summed E-state index contributed by atoms with van der Waals surface area (Å²) in [5, 5.41) is 12.5. The van der Waals surface area contributed by atoms with Crippen molar-refractivity contribution >= 4 is 24.0 Å². The number of carbonyl (C=O) groups is 1. The lowest BCUT2D eigenvalue weighted by Gasteiger charge is -2.28. The SMILES string of the molecule is Cc1cc(C)c(NC(=O)CN2CCC(O)CC2)c(C)c1.Cl. The van der Waals surface area contributed by atoms with Gasteiger partial charge in [0.05, 0.1) is 12.6 Å². The standard InChI is InChI=1S/C16H24N2O2.ClH/c1-11-8-12(2)16(13(3)9-11)17-15(20)10-18-6-4-14(19)5-7-18;/h8-9,14,19H,4-7,10H2,1-3H3,(H,17,20);1H. The molecule has 0 aromatic heterocycles. The second-order valence-corrected chi connectivity index (χ2v) is 5.83. The van der Waals surface area contributed by atoms with Gasteiger partial charge in [-0.15, -0.1) is 12.4 Å². The van der Waals surface area contributed by atoms with Gasteiger partial charge in [0, 0.05) is 18.8 Å². The second-order valence-electron chi connectivity index (χ2n) is 5.83. The zero-order chi connectivity index (χ0) is 14.7. The highest BCUT2D eigenvalue weighted by atomic mass is 35.5. The molecular weight excluding hydrogens is 288 g/mol. The van der Waals surface area contributed by atoms with E-state index in [-0.39, 0.29) is 24.4 Å². The molecule has 2 rings (SSSR count). The highest BCUT2D eigenvalue weighted by Crippen LogP contribution is 2.22. The number of hydrogen-bond acceptors (Lipinski definition) is 3. The minimum absolute atomic E-state index is 0. The average molecular weight is 313 g/mol. The number of piperidine rings is 1. The molecular formula is C16H25ClN2O2. The van der Waals surface area contributed by atoms with Crippen molar-refractivity contribution in [1.29, 1.82) is 0 Å². The van der Waals surface area contributed by atoms with Gasteiger partial charge in [-0.1, -0.05) is 17.7 Å². The molecule has 0 unspecified atom stereocenters. The van der Waals surface area contributed by atoms with Crippen LogP contribution in [0, 0.1) is 20.8 Å². The minimum atomic E-state index is -0.198. The predicted octanol–water partition coefficient (Wildman–Crippen LogP) is 2.43. The molecule has 4 nitrogen and oxygen atoms in total. The normalized spacial score (nSPS) is 16.4. The molecule has 0 aliphatic carbocycles. The summed E-state index contributed by atoms with van der Waals surface area (Å²) < 4.78 is 0. The summed E-state index contributed by atoms with van der Waals surface area (Å²) in [7, 11) is 0.